The van der Waals surface area contributed by atoms with E-state index >= 15 is 0 Å². The van der Waals surface area contributed by atoms with Crippen LogP contribution in [-0.2, 0) is 0 Å². The molecule has 0 spiro atoms. The first-order chi connectivity index (χ1) is 5.48. The number of amides is 2. The molecule has 0 aromatic carbocycles. The number of unbranched alkanes of at least 4 members (excludes halogenated alkanes) is 2. The fourth-order valence-corrected chi connectivity index (χ4v) is 1.21. The summed E-state index contributed by atoms with van der Waals surface area (Å²) in [4.78, 5) is 10.6. The van der Waals surface area contributed by atoms with E-state index in [1.165, 1.54) is 12.8 Å². The van der Waals surface area contributed by atoms with E-state index in [9.17, 15) is 4.79 Å². The lowest BCUT2D eigenvalue weighted by atomic mass is 9.97. The maximum Gasteiger partial charge on any atom is 0.312 e. The van der Waals surface area contributed by atoms with E-state index < -0.39 is 6.03 Å². The van der Waals surface area contributed by atoms with Crippen LogP contribution in [0.4, 0.5) is 4.79 Å². The second-order valence-corrected chi connectivity index (χ2v) is 3.83. The van der Waals surface area contributed by atoms with E-state index in [0.717, 1.165) is 12.8 Å². The Hall–Kier alpha value is -0.730. The number of primary amides is 1. The number of nitrogens with one attached hydrogen (secondary N) is 1. The van der Waals surface area contributed by atoms with Crippen LogP contribution in [0.15, 0.2) is 0 Å². The highest BCUT2D eigenvalue weighted by molar-refractivity contribution is 5.72. The Morgan fingerprint density at radius 3 is 2.42 bits per heavy atom. The van der Waals surface area contributed by atoms with Crippen molar-refractivity contribution in [3.8, 4) is 0 Å². The molecule has 0 aliphatic heterocycles. The molecule has 0 saturated carbocycles. The Morgan fingerprint density at radius 2 is 2.00 bits per heavy atom. The third kappa shape index (κ3) is 6.01. The number of carbonyl (C=O) groups is 1. The molecule has 3 N–H and O–H groups in total. The molecule has 0 atom stereocenters. The fraction of sp³-hybridized carbons (Fsp3) is 0.889. The molecule has 0 fully saturated rings. The first-order valence-corrected chi connectivity index (χ1v) is 4.55. The van der Waals surface area contributed by atoms with Crippen molar-refractivity contribution in [1.29, 1.82) is 0 Å². The topological polar surface area (TPSA) is 55.1 Å². The van der Waals surface area contributed by atoms with Crippen molar-refractivity contribution >= 4 is 6.03 Å². The molecule has 3 heteroatoms. The van der Waals surface area contributed by atoms with Gasteiger partial charge < -0.3 is 11.1 Å². The van der Waals surface area contributed by atoms with E-state index in [4.69, 9.17) is 5.73 Å². The minimum Gasteiger partial charge on any atom is -0.352 e. The van der Waals surface area contributed by atoms with Gasteiger partial charge in [-0.2, -0.15) is 0 Å². The van der Waals surface area contributed by atoms with Crippen LogP contribution in [0, 0.1) is 0 Å². The zero-order valence-corrected chi connectivity index (χ0v) is 8.31. The van der Waals surface area contributed by atoms with Crippen LogP contribution in [0.2, 0.25) is 0 Å². The Labute approximate surface area is 74.7 Å². The molecule has 0 saturated heterocycles. The highest BCUT2D eigenvalue weighted by Crippen LogP contribution is 2.13. The van der Waals surface area contributed by atoms with Crippen LogP contribution in [0.5, 0.6) is 0 Å². The summed E-state index contributed by atoms with van der Waals surface area (Å²) in [6, 6.07) is -0.434. The van der Waals surface area contributed by atoms with Gasteiger partial charge in [-0.05, 0) is 20.3 Å². The summed E-state index contributed by atoms with van der Waals surface area (Å²) in [5, 5.41) is 2.72. The number of nitrogens with two attached hydrogens (primary N) is 1. The minimum absolute atomic E-state index is 0.152. The summed E-state index contributed by atoms with van der Waals surface area (Å²) in [6.07, 6.45) is 4.55. The first-order valence-electron chi connectivity index (χ1n) is 4.55. The molecule has 0 bridgehead atoms. The van der Waals surface area contributed by atoms with Gasteiger partial charge in [0.15, 0.2) is 0 Å². The molecule has 0 aliphatic rings. The second-order valence-electron chi connectivity index (χ2n) is 3.83. The number of rotatable bonds is 5. The van der Waals surface area contributed by atoms with Gasteiger partial charge in [-0.1, -0.05) is 26.2 Å². The first kappa shape index (κ1) is 11.3. The van der Waals surface area contributed by atoms with E-state index in [0.29, 0.717) is 0 Å². The van der Waals surface area contributed by atoms with Crippen LogP contribution in [0.1, 0.15) is 46.5 Å². The van der Waals surface area contributed by atoms with Crippen molar-refractivity contribution in [2.45, 2.75) is 52.0 Å². The van der Waals surface area contributed by atoms with Crippen LogP contribution >= 0.6 is 0 Å². The maximum atomic E-state index is 10.6. The Kier molecular flexibility index (Phi) is 4.71. The summed E-state index contributed by atoms with van der Waals surface area (Å²) >= 11 is 0. The van der Waals surface area contributed by atoms with E-state index in [1.54, 1.807) is 0 Å². The number of urea groups is 1. The van der Waals surface area contributed by atoms with Crippen molar-refractivity contribution in [2.24, 2.45) is 5.73 Å². The minimum atomic E-state index is -0.434. The third-order valence-corrected chi connectivity index (χ3v) is 1.87. The highest BCUT2D eigenvalue weighted by Gasteiger charge is 2.17. The van der Waals surface area contributed by atoms with E-state index in [2.05, 4.69) is 12.2 Å². The largest absolute Gasteiger partial charge is 0.352 e. The molecule has 0 radical (unpaired) electrons. The Bertz CT molecular complexity index is 143. The zero-order valence-electron chi connectivity index (χ0n) is 8.31. The van der Waals surface area contributed by atoms with Crippen molar-refractivity contribution in [3.63, 3.8) is 0 Å². The van der Waals surface area contributed by atoms with Crippen molar-refractivity contribution < 1.29 is 4.79 Å². The normalized spacial score (nSPS) is 11.2. The zero-order chi connectivity index (χ0) is 9.61. The predicted octanol–water partition coefficient (Wildman–Crippen LogP) is 2.01. The number of hydrogen-bond donors (Lipinski definition) is 2. The molecule has 72 valence electrons. The Morgan fingerprint density at radius 1 is 1.42 bits per heavy atom. The standard InChI is InChI=1S/C9H20N2O/c1-4-5-6-7-9(2,3)11-8(10)12/h4-7H2,1-3H3,(H3,10,11,12). The van der Waals surface area contributed by atoms with Crippen molar-refractivity contribution in [1.82, 2.24) is 5.32 Å². The van der Waals surface area contributed by atoms with Crippen LogP contribution in [0.25, 0.3) is 0 Å². The van der Waals surface area contributed by atoms with Gasteiger partial charge in [0.05, 0.1) is 0 Å². The van der Waals surface area contributed by atoms with Crippen LogP contribution in [-0.4, -0.2) is 11.6 Å². The molecule has 0 aliphatic carbocycles. The van der Waals surface area contributed by atoms with Gasteiger partial charge in [-0.15, -0.1) is 0 Å². The summed E-state index contributed by atoms with van der Waals surface area (Å²) in [7, 11) is 0. The van der Waals surface area contributed by atoms with Crippen LogP contribution in [0.3, 0.4) is 0 Å². The number of carbonyl (C=O) groups excluding carboxylic acids is 1. The molecule has 12 heavy (non-hydrogen) atoms. The summed E-state index contributed by atoms with van der Waals surface area (Å²) in [5.74, 6) is 0. The monoisotopic (exact) mass is 172 g/mol. The molecule has 0 rings (SSSR count). The maximum absolute atomic E-state index is 10.6. The molecular formula is C9H20N2O. The molecule has 0 heterocycles. The highest BCUT2D eigenvalue weighted by atomic mass is 16.2. The van der Waals surface area contributed by atoms with Gasteiger partial charge in [0.1, 0.15) is 0 Å². The molecule has 0 unspecified atom stereocenters. The fourth-order valence-electron chi connectivity index (χ4n) is 1.21. The summed E-state index contributed by atoms with van der Waals surface area (Å²) in [5.41, 5.74) is 4.88. The van der Waals surface area contributed by atoms with Gasteiger partial charge in [-0.3, -0.25) is 0 Å². The molecular weight excluding hydrogens is 152 g/mol. The van der Waals surface area contributed by atoms with Gasteiger partial charge in [0, 0.05) is 5.54 Å². The SMILES string of the molecule is CCCCCC(C)(C)NC(N)=O. The number of hydrogen-bond acceptors (Lipinski definition) is 1. The van der Waals surface area contributed by atoms with Gasteiger partial charge in [-0.25, -0.2) is 4.79 Å². The van der Waals surface area contributed by atoms with Crippen molar-refractivity contribution in [2.75, 3.05) is 0 Å². The van der Waals surface area contributed by atoms with E-state index in [-0.39, 0.29) is 5.54 Å². The van der Waals surface area contributed by atoms with Gasteiger partial charge in [0.2, 0.25) is 0 Å². The van der Waals surface area contributed by atoms with Crippen LogP contribution < -0.4 is 11.1 Å². The molecule has 2 amide bonds. The Balaban J connectivity index is 3.63. The quantitative estimate of drug-likeness (QED) is 0.612. The third-order valence-electron chi connectivity index (χ3n) is 1.87. The predicted molar refractivity (Wildman–Crippen MR) is 50.9 cm³/mol. The van der Waals surface area contributed by atoms with Gasteiger partial charge >= 0.3 is 6.03 Å². The molecule has 0 aromatic rings. The molecule has 0 aromatic heterocycles. The second kappa shape index (κ2) is 5.01. The average Bonchev–Trinajstić information content (AvgIpc) is 1.84. The lowest BCUT2D eigenvalue weighted by Gasteiger charge is -2.24. The van der Waals surface area contributed by atoms with Crippen molar-refractivity contribution in [3.05, 3.63) is 0 Å². The average molecular weight is 172 g/mol. The summed E-state index contributed by atoms with van der Waals surface area (Å²) < 4.78 is 0. The smallest absolute Gasteiger partial charge is 0.312 e. The summed E-state index contributed by atoms with van der Waals surface area (Å²) in [6.45, 7) is 6.15. The van der Waals surface area contributed by atoms with Gasteiger partial charge in [0.25, 0.3) is 0 Å². The lowest BCUT2D eigenvalue weighted by Crippen LogP contribution is -2.46. The van der Waals surface area contributed by atoms with E-state index in [1.807, 2.05) is 13.8 Å². The molecule has 3 nitrogen and oxygen atoms in total. The lowest BCUT2D eigenvalue weighted by molar-refractivity contribution is 0.235.